The Morgan fingerprint density at radius 1 is 1.27 bits per heavy atom. The summed E-state index contributed by atoms with van der Waals surface area (Å²) in [5.74, 6) is 0.0348. The van der Waals surface area contributed by atoms with E-state index < -0.39 is 11.1 Å². The lowest BCUT2D eigenvalue weighted by atomic mass is 10.1. The highest BCUT2D eigenvalue weighted by Gasteiger charge is 2.04. The fraction of sp³-hybridized carbons (Fsp3) is 0.167. The molecule has 1 N–H and O–H groups in total. The average molecular weight is 359 g/mol. The molecule has 2 aromatic carbocycles. The second-order valence-electron chi connectivity index (χ2n) is 5.14. The predicted octanol–water partition coefficient (Wildman–Crippen LogP) is 2.77. The molecular formula is C18H17NO7. The summed E-state index contributed by atoms with van der Waals surface area (Å²) in [4.78, 5) is 26.3. The Kier molecular flexibility index (Phi) is 6.55. The second kappa shape index (κ2) is 9.07. The van der Waals surface area contributed by atoms with E-state index in [4.69, 9.17) is 9.47 Å². The van der Waals surface area contributed by atoms with E-state index in [9.17, 15) is 20.0 Å². The number of nitrogens with zero attached hydrogens (tertiary/aromatic N) is 1. The number of phenolic OH excluding ortho intramolecular Hbond substituents is 1. The van der Waals surface area contributed by atoms with Gasteiger partial charge in [-0.25, -0.2) is 4.79 Å². The average Bonchev–Trinajstić information content (AvgIpc) is 2.61. The van der Waals surface area contributed by atoms with Crippen LogP contribution in [0.5, 0.6) is 17.2 Å². The van der Waals surface area contributed by atoms with Crippen LogP contribution in [0.2, 0.25) is 0 Å². The van der Waals surface area contributed by atoms with E-state index in [1.54, 1.807) is 36.4 Å². The van der Waals surface area contributed by atoms with Crippen LogP contribution in [0.25, 0.3) is 6.08 Å². The molecular weight excluding hydrogens is 342 g/mol. The van der Waals surface area contributed by atoms with Crippen LogP contribution in [0.4, 0.5) is 0 Å². The molecule has 2 rings (SSSR count). The molecule has 0 unspecified atom stereocenters. The topological polar surface area (TPSA) is 108 Å². The van der Waals surface area contributed by atoms with Gasteiger partial charge in [-0.3, -0.25) is 0 Å². The molecule has 136 valence electrons. The number of carbonyl (C=O) groups is 1. The number of phenols is 1. The summed E-state index contributed by atoms with van der Waals surface area (Å²) in [7, 11) is 1.43. The van der Waals surface area contributed by atoms with E-state index in [0.717, 1.165) is 5.56 Å². The van der Waals surface area contributed by atoms with Gasteiger partial charge < -0.3 is 19.4 Å². The van der Waals surface area contributed by atoms with Gasteiger partial charge in [-0.2, -0.15) is 0 Å². The van der Waals surface area contributed by atoms with Gasteiger partial charge in [0.25, 0.3) is 5.09 Å². The van der Waals surface area contributed by atoms with Crippen LogP contribution in [-0.2, 0) is 16.1 Å². The number of hydrogen-bond acceptors (Lipinski definition) is 7. The molecule has 0 fully saturated rings. The van der Waals surface area contributed by atoms with Gasteiger partial charge in [-0.05, 0) is 47.9 Å². The smallest absolute Gasteiger partial charge is 0.336 e. The Hall–Kier alpha value is -3.55. The summed E-state index contributed by atoms with van der Waals surface area (Å²) < 4.78 is 10.2. The Bertz CT molecular complexity index is 817. The fourth-order valence-electron chi connectivity index (χ4n) is 2.11. The van der Waals surface area contributed by atoms with E-state index in [0.29, 0.717) is 23.5 Å². The van der Waals surface area contributed by atoms with Crippen molar-refractivity contribution in [3.05, 3.63) is 69.8 Å². The molecule has 0 aliphatic carbocycles. The SMILES string of the molecule is COc1cc(/C=C/C(=O)Oc2cccc(CCO[N+](=O)[O-])c2)ccc1O. The zero-order valence-electron chi connectivity index (χ0n) is 14.0. The number of methoxy groups -OCH3 is 1. The van der Waals surface area contributed by atoms with Gasteiger partial charge >= 0.3 is 5.97 Å². The third kappa shape index (κ3) is 5.82. The summed E-state index contributed by atoms with van der Waals surface area (Å²) in [6.45, 7) is -0.0764. The van der Waals surface area contributed by atoms with Crippen LogP contribution in [0.3, 0.4) is 0 Å². The first-order chi connectivity index (χ1) is 12.5. The van der Waals surface area contributed by atoms with Crippen molar-refractivity contribution in [3.63, 3.8) is 0 Å². The molecule has 0 spiro atoms. The lowest BCUT2D eigenvalue weighted by molar-refractivity contribution is -0.757. The number of esters is 1. The van der Waals surface area contributed by atoms with E-state index >= 15 is 0 Å². The molecule has 0 amide bonds. The minimum Gasteiger partial charge on any atom is -0.504 e. The quantitative estimate of drug-likeness (QED) is 0.254. The zero-order chi connectivity index (χ0) is 18.9. The first-order valence-electron chi connectivity index (χ1n) is 7.61. The molecule has 0 heterocycles. The lowest BCUT2D eigenvalue weighted by Gasteiger charge is -2.05. The summed E-state index contributed by atoms with van der Waals surface area (Å²) in [5.41, 5.74) is 1.40. The number of benzene rings is 2. The van der Waals surface area contributed by atoms with Gasteiger partial charge in [0.05, 0.1) is 7.11 Å². The van der Waals surface area contributed by atoms with Crippen molar-refractivity contribution in [1.29, 1.82) is 0 Å². The predicted molar refractivity (Wildman–Crippen MR) is 92.4 cm³/mol. The summed E-state index contributed by atoms with van der Waals surface area (Å²) >= 11 is 0. The number of carbonyl (C=O) groups excluding carboxylic acids is 1. The summed E-state index contributed by atoms with van der Waals surface area (Å²) in [6, 6.07) is 11.3. The Balaban J connectivity index is 1.96. The highest BCUT2D eigenvalue weighted by Crippen LogP contribution is 2.26. The number of aromatic hydroxyl groups is 1. The second-order valence-corrected chi connectivity index (χ2v) is 5.14. The van der Waals surface area contributed by atoms with Crippen molar-refractivity contribution in [2.45, 2.75) is 6.42 Å². The maximum atomic E-state index is 11.9. The van der Waals surface area contributed by atoms with Crippen LogP contribution in [-0.4, -0.2) is 29.9 Å². The van der Waals surface area contributed by atoms with Crippen LogP contribution in [0, 0.1) is 10.1 Å². The molecule has 0 aliphatic heterocycles. The largest absolute Gasteiger partial charge is 0.504 e. The van der Waals surface area contributed by atoms with Crippen LogP contribution >= 0.6 is 0 Å². The minimum atomic E-state index is -0.854. The van der Waals surface area contributed by atoms with Crippen molar-refractivity contribution in [3.8, 4) is 17.2 Å². The Labute approximate surface area is 149 Å². The third-order valence-corrected chi connectivity index (χ3v) is 3.32. The van der Waals surface area contributed by atoms with Gasteiger partial charge in [0.1, 0.15) is 12.4 Å². The van der Waals surface area contributed by atoms with Crippen LogP contribution in [0.15, 0.2) is 48.5 Å². The standard InChI is InChI=1S/C18H17NO7/c1-24-17-12-14(5-7-16(17)20)6-8-18(21)26-15-4-2-3-13(11-15)9-10-25-19(22)23/h2-8,11-12,20H,9-10H2,1H3/b8-6+. The van der Waals surface area contributed by atoms with Gasteiger partial charge in [-0.1, -0.05) is 18.2 Å². The van der Waals surface area contributed by atoms with Gasteiger partial charge in [0.15, 0.2) is 11.5 Å². The number of ether oxygens (including phenoxy) is 2. The molecule has 2 aromatic rings. The molecule has 0 saturated carbocycles. The zero-order valence-corrected chi connectivity index (χ0v) is 14.0. The van der Waals surface area contributed by atoms with E-state index in [1.807, 2.05) is 0 Å². The Morgan fingerprint density at radius 2 is 2.08 bits per heavy atom. The first-order valence-corrected chi connectivity index (χ1v) is 7.61. The molecule has 8 nitrogen and oxygen atoms in total. The fourth-order valence-corrected chi connectivity index (χ4v) is 2.11. The molecule has 0 aliphatic rings. The van der Waals surface area contributed by atoms with Crippen molar-refractivity contribution >= 4 is 12.0 Å². The van der Waals surface area contributed by atoms with Crippen LogP contribution < -0.4 is 9.47 Å². The highest BCUT2D eigenvalue weighted by atomic mass is 16.9. The summed E-state index contributed by atoms with van der Waals surface area (Å²) in [6.07, 6.45) is 3.09. The minimum absolute atomic E-state index is 0.00472. The normalized spacial score (nSPS) is 10.5. The number of rotatable bonds is 8. The highest BCUT2D eigenvalue weighted by molar-refractivity contribution is 5.88. The number of hydrogen-bond donors (Lipinski definition) is 1. The monoisotopic (exact) mass is 359 g/mol. The van der Waals surface area contributed by atoms with E-state index in [-0.39, 0.29) is 12.4 Å². The maximum absolute atomic E-state index is 11.9. The van der Waals surface area contributed by atoms with Gasteiger partial charge in [0.2, 0.25) is 0 Å². The van der Waals surface area contributed by atoms with Crippen molar-refractivity contribution in [2.75, 3.05) is 13.7 Å². The van der Waals surface area contributed by atoms with Crippen LogP contribution in [0.1, 0.15) is 11.1 Å². The molecule has 0 bridgehead atoms. The van der Waals surface area contributed by atoms with E-state index in [1.165, 1.54) is 25.3 Å². The first kappa shape index (κ1) is 18.8. The molecule has 0 radical (unpaired) electrons. The lowest BCUT2D eigenvalue weighted by Crippen LogP contribution is -2.06. The molecule has 26 heavy (non-hydrogen) atoms. The molecule has 0 aromatic heterocycles. The third-order valence-electron chi connectivity index (χ3n) is 3.32. The van der Waals surface area contributed by atoms with Gasteiger partial charge in [-0.15, -0.1) is 10.1 Å². The summed E-state index contributed by atoms with van der Waals surface area (Å²) in [5, 5.41) is 18.8. The van der Waals surface area contributed by atoms with Gasteiger partial charge in [0, 0.05) is 6.08 Å². The van der Waals surface area contributed by atoms with E-state index in [2.05, 4.69) is 4.84 Å². The molecule has 8 heteroatoms. The van der Waals surface area contributed by atoms with Crippen molar-refractivity contribution in [1.82, 2.24) is 0 Å². The van der Waals surface area contributed by atoms with Crippen molar-refractivity contribution in [2.24, 2.45) is 0 Å². The van der Waals surface area contributed by atoms with Crippen molar-refractivity contribution < 1.29 is 29.3 Å². The maximum Gasteiger partial charge on any atom is 0.336 e. The Morgan fingerprint density at radius 3 is 2.81 bits per heavy atom. The molecule has 0 saturated heterocycles. The molecule has 0 atom stereocenters.